The van der Waals surface area contributed by atoms with Crippen LogP contribution in [0.3, 0.4) is 0 Å². The van der Waals surface area contributed by atoms with Crippen molar-refractivity contribution in [3.8, 4) is 5.69 Å². The molecule has 6 rings (SSSR count). The number of pyridine rings is 2. The summed E-state index contributed by atoms with van der Waals surface area (Å²) in [6, 6.07) is 12.2. The van der Waals surface area contributed by atoms with Crippen molar-refractivity contribution in [1.29, 1.82) is 0 Å². The van der Waals surface area contributed by atoms with Gasteiger partial charge in [-0.15, -0.1) is 0 Å². The quantitative estimate of drug-likeness (QED) is 0.313. The number of carbonyl (C=O) groups is 2. The van der Waals surface area contributed by atoms with Crippen LogP contribution in [-0.4, -0.2) is 43.5 Å². The molecule has 3 aromatic heterocycles. The number of nitrogens with one attached hydrogen (secondary N) is 1. The van der Waals surface area contributed by atoms with E-state index in [0.717, 1.165) is 36.5 Å². The van der Waals surface area contributed by atoms with E-state index in [9.17, 15) is 23.2 Å². The molecule has 4 heterocycles. The maximum absolute atomic E-state index is 13.8. The third-order valence-electron chi connectivity index (χ3n) is 8.13. The number of halogens is 3. The topological polar surface area (TPSA) is 102 Å². The summed E-state index contributed by atoms with van der Waals surface area (Å²) in [7, 11) is 0. The first kappa shape index (κ1) is 28.0. The van der Waals surface area contributed by atoms with E-state index < -0.39 is 18.0 Å². The predicted octanol–water partition coefficient (Wildman–Crippen LogP) is 5.29. The highest BCUT2D eigenvalue weighted by molar-refractivity contribution is 6.30. The van der Waals surface area contributed by atoms with Gasteiger partial charge in [0.25, 0.3) is 12.3 Å². The number of amides is 2. The largest absolute Gasteiger partial charge is 0.349 e. The van der Waals surface area contributed by atoms with Crippen molar-refractivity contribution in [3.63, 3.8) is 0 Å². The number of benzene rings is 1. The molecule has 4 aromatic rings. The molecule has 12 heteroatoms. The second kappa shape index (κ2) is 11.6. The Morgan fingerprint density at radius 3 is 2.52 bits per heavy atom. The van der Waals surface area contributed by atoms with Crippen molar-refractivity contribution in [1.82, 2.24) is 24.4 Å². The van der Waals surface area contributed by atoms with Crippen molar-refractivity contribution >= 4 is 40.3 Å². The fraction of sp³-hybridized carbons (Fsp3) is 0.367. The van der Waals surface area contributed by atoms with E-state index in [0.29, 0.717) is 43.9 Å². The maximum atomic E-state index is 13.8. The minimum atomic E-state index is -2.89. The van der Waals surface area contributed by atoms with Gasteiger partial charge in [0.1, 0.15) is 11.5 Å². The molecule has 9 nitrogen and oxygen atoms in total. The Balaban J connectivity index is 1.18. The lowest BCUT2D eigenvalue weighted by Gasteiger charge is -2.29. The highest BCUT2D eigenvalue weighted by atomic mass is 35.5. The van der Waals surface area contributed by atoms with Crippen LogP contribution >= 0.6 is 11.6 Å². The number of hydrogen-bond acceptors (Lipinski definition) is 5. The molecule has 2 aliphatic rings. The summed E-state index contributed by atoms with van der Waals surface area (Å²) in [6.45, 7) is 1.11. The molecule has 0 atom stereocenters. The smallest absolute Gasteiger partial charge is 0.333 e. The van der Waals surface area contributed by atoms with Crippen molar-refractivity contribution in [2.24, 2.45) is 5.92 Å². The first-order chi connectivity index (χ1) is 20.3. The first-order valence-electron chi connectivity index (χ1n) is 14.0. The third kappa shape index (κ3) is 5.40. The zero-order valence-electron chi connectivity index (χ0n) is 22.7. The van der Waals surface area contributed by atoms with Crippen LogP contribution in [0.4, 0.5) is 14.6 Å². The van der Waals surface area contributed by atoms with Gasteiger partial charge in [-0.05, 0) is 62.3 Å². The van der Waals surface area contributed by atoms with Crippen LogP contribution < -0.4 is 15.9 Å². The lowest BCUT2D eigenvalue weighted by atomic mass is 9.85. The Morgan fingerprint density at radius 2 is 1.81 bits per heavy atom. The van der Waals surface area contributed by atoms with Gasteiger partial charge < -0.3 is 5.32 Å². The van der Waals surface area contributed by atoms with Crippen molar-refractivity contribution in [2.75, 3.05) is 11.4 Å². The molecule has 0 spiro atoms. The van der Waals surface area contributed by atoms with Crippen LogP contribution in [0.5, 0.6) is 0 Å². The number of nitrogens with zero attached hydrogens (tertiary/aromatic N) is 5. The molecule has 2 amide bonds. The van der Waals surface area contributed by atoms with Gasteiger partial charge in [-0.1, -0.05) is 23.7 Å². The molecule has 0 radical (unpaired) electrons. The van der Waals surface area contributed by atoms with Gasteiger partial charge in [-0.2, -0.15) is 0 Å². The molecule has 2 fully saturated rings. The number of aromatic nitrogens is 4. The maximum Gasteiger partial charge on any atom is 0.333 e. The van der Waals surface area contributed by atoms with E-state index in [1.54, 1.807) is 32.4 Å². The van der Waals surface area contributed by atoms with E-state index in [-0.39, 0.29) is 34.1 Å². The predicted molar refractivity (Wildman–Crippen MR) is 154 cm³/mol. The van der Waals surface area contributed by atoms with Crippen LogP contribution in [-0.2, 0) is 11.3 Å². The monoisotopic (exact) mass is 594 g/mol. The van der Waals surface area contributed by atoms with Gasteiger partial charge >= 0.3 is 5.69 Å². The Hall–Kier alpha value is -4.12. The Labute approximate surface area is 245 Å². The van der Waals surface area contributed by atoms with Gasteiger partial charge in [-0.3, -0.25) is 28.6 Å². The number of fused-ring (bicyclic) bond motifs is 1. The summed E-state index contributed by atoms with van der Waals surface area (Å²) in [5, 5.41) is 2.98. The molecule has 1 aliphatic heterocycles. The number of hydrogen-bond donors (Lipinski definition) is 1. The molecule has 0 unspecified atom stereocenters. The summed E-state index contributed by atoms with van der Waals surface area (Å²) in [4.78, 5) is 48.6. The normalized spacial score (nSPS) is 19.1. The van der Waals surface area contributed by atoms with E-state index in [2.05, 4.69) is 15.3 Å². The van der Waals surface area contributed by atoms with E-state index in [4.69, 9.17) is 11.6 Å². The molecule has 1 aromatic carbocycles. The molecule has 1 aliphatic carbocycles. The summed E-state index contributed by atoms with van der Waals surface area (Å²) in [6.07, 6.45) is 3.92. The first-order valence-corrected chi connectivity index (χ1v) is 14.4. The van der Waals surface area contributed by atoms with Gasteiger partial charge in [0.15, 0.2) is 0 Å². The van der Waals surface area contributed by atoms with Crippen LogP contribution in [0.15, 0.2) is 59.7 Å². The molecular formula is C30H29ClF2N6O3. The lowest BCUT2D eigenvalue weighted by molar-refractivity contribution is -0.117. The number of imidazole rings is 1. The average Bonchev–Trinajstić information content (AvgIpc) is 3.54. The molecule has 1 saturated heterocycles. The molecule has 218 valence electrons. The Bertz CT molecular complexity index is 1710. The Kier molecular flexibility index (Phi) is 7.76. The molecular weight excluding hydrogens is 566 g/mol. The summed E-state index contributed by atoms with van der Waals surface area (Å²) in [5.74, 6) is 0.137. The van der Waals surface area contributed by atoms with Crippen molar-refractivity contribution in [2.45, 2.75) is 57.5 Å². The number of para-hydroxylation sites is 2. The fourth-order valence-electron chi connectivity index (χ4n) is 6.04. The second-order valence-electron chi connectivity index (χ2n) is 10.8. The highest BCUT2D eigenvalue weighted by Crippen LogP contribution is 2.29. The second-order valence-corrected chi connectivity index (χ2v) is 11.3. The van der Waals surface area contributed by atoms with Gasteiger partial charge in [0.05, 0.1) is 27.3 Å². The van der Waals surface area contributed by atoms with Crippen LogP contribution in [0.2, 0.25) is 5.02 Å². The SMILES string of the molecule is O=C(NC1CCC(Cn2c(=O)n(-c3ccnc(N4CCCC4=O)c3)c3ccccc32)CC1)c1cc(Cl)cnc1C(F)F. The minimum absolute atomic E-state index is 0.0277. The summed E-state index contributed by atoms with van der Waals surface area (Å²) in [5.41, 5.74) is 1.23. The Morgan fingerprint density at radius 1 is 1.05 bits per heavy atom. The standard InChI is InChI=1S/C30H29ClF2N6O3/c31-19-14-22(27(28(32)33)35-16-19)29(41)36-20-9-7-18(8-10-20)17-38-23-4-1-2-5-24(23)39(30(38)42)21-11-12-34-25(15-21)37-13-3-6-26(37)40/h1-2,4-5,11-12,14-16,18,20,28H,3,6-10,13,17H2,(H,36,41). The number of alkyl halides is 2. The van der Waals surface area contributed by atoms with E-state index in [1.165, 1.54) is 6.07 Å². The molecule has 1 N–H and O–H groups in total. The highest BCUT2D eigenvalue weighted by Gasteiger charge is 2.28. The van der Waals surface area contributed by atoms with Crippen LogP contribution in [0, 0.1) is 5.92 Å². The molecule has 0 bridgehead atoms. The molecule has 1 saturated carbocycles. The molecule has 42 heavy (non-hydrogen) atoms. The third-order valence-corrected chi connectivity index (χ3v) is 8.34. The lowest BCUT2D eigenvalue weighted by Crippen LogP contribution is -2.39. The summed E-state index contributed by atoms with van der Waals surface area (Å²) >= 11 is 5.91. The van der Waals surface area contributed by atoms with Crippen LogP contribution in [0.1, 0.15) is 61.0 Å². The minimum Gasteiger partial charge on any atom is -0.349 e. The van der Waals surface area contributed by atoms with Gasteiger partial charge in [0.2, 0.25) is 5.91 Å². The number of anilines is 1. The van der Waals surface area contributed by atoms with E-state index in [1.807, 2.05) is 24.3 Å². The van der Waals surface area contributed by atoms with Gasteiger partial charge in [-0.25, -0.2) is 18.6 Å². The number of rotatable bonds is 7. The summed E-state index contributed by atoms with van der Waals surface area (Å²) < 4.78 is 30.2. The zero-order valence-corrected chi connectivity index (χ0v) is 23.4. The van der Waals surface area contributed by atoms with E-state index >= 15 is 0 Å². The van der Waals surface area contributed by atoms with Crippen molar-refractivity contribution < 1.29 is 18.4 Å². The van der Waals surface area contributed by atoms with Gasteiger partial charge in [0, 0.05) is 44.0 Å². The van der Waals surface area contributed by atoms with Crippen molar-refractivity contribution in [3.05, 3.63) is 81.6 Å². The fourth-order valence-corrected chi connectivity index (χ4v) is 6.19. The zero-order chi connectivity index (χ0) is 29.4. The van der Waals surface area contributed by atoms with Crippen LogP contribution in [0.25, 0.3) is 16.7 Å². The average molecular weight is 595 g/mol. The number of carbonyl (C=O) groups excluding carboxylic acids is 2.